The molecule has 0 aliphatic carbocycles. The van der Waals surface area contributed by atoms with Crippen LogP contribution >= 0.6 is 0 Å². The molecule has 1 aliphatic heterocycles. The Morgan fingerprint density at radius 1 is 1.12 bits per heavy atom. The van der Waals surface area contributed by atoms with Gasteiger partial charge in [0, 0.05) is 37.9 Å². The molecule has 2 aromatic rings. The number of ether oxygens (including phenoxy) is 1. The second kappa shape index (κ2) is 6.45. The quantitative estimate of drug-likeness (QED) is 0.857. The Morgan fingerprint density at radius 2 is 1.88 bits per heavy atom. The van der Waals surface area contributed by atoms with Crippen molar-refractivity contribution in [1.82, 2.24) is 4.31 Å². The number of likely N-dealkylation sites (N-methyl/N-ethyl adjacent to an activating group) is 1. The number of benzene rings is 2. The molecule has 1 aliphatic rings. The SMILES string of the molecule is COc1cccc(S(=O)(=O)N2Cc3ccccc3N(C)C(C)C2)c1. The molecule has 0 saturated carbocycles. The third-order valence-corrected chi connectivity index (χ3v) is 6.33. The van der Waals surface area contributed by atoms with Gasteiger partial charge in [0.2, 0.25) is 10.0 Å². The normalized spacial score (nSPS) is 18.8. The van der Waals surface area contributed by atoms with Crippen LogP contribution in [0.5, 0.6) is 5.75 Å². The highest BCUT2D eigenvalue weighted by molar-refractivity contribution is 7.89. The summed E-state index contributed by atoms with van der Waals surface area (Å²) in [6, 6.07) is 14.6. The summed E-state index contributed by atoms with van der Waals surface area (Å²) in [6.45, 7) is 2.84. The minimum atomic E-state index is -3.59. The smallest absolute Gasteiger partial charge is 0.243 e. The highest BCUT2D eigenvalue weighted by Gasteiger charge is 2.31. The lowest BCUT2D eigenvalue weighted by atomic mass is 10.1. The molecule has 0 aromatic heterocycles. The van der Waals surface area contributed by atoms with Crippen LogP contribution in [0.3, 0.4) is 0 Å². The lowest BCUT2D eigenvalue weighted by Crippen LogP contribution is -2.40. The van der Waals surface area contributed by atoms with Crippen molar-refractivity contribution < 1.29 is 13.2 Å². The van der Waals surface area contributed by atoms with Gasteiger partial charge in [-0.2, -0.15) is 4.31 Å². The van der Waals surface area contributed by atoms with Crippen LogP contribution in [-0.2, 0) is 16.6 Å². The van der Waals surface area contributed by atoms with Crippen molar-refractivity contribution in [2.45, 2.75) is 24.4 Å². The fraction of sp³-hybridized carbons (Fsp3) is 0.333. The molecule has 1 heterocycles. The van der Waals surface area contributed by atoms with Crippen molar-refractivity contribution in [3.8, 4) is 5.75 Å². The first kappa shape index (κ1) is 16.8. The van der Waals surface area contributed by atoms with Crippen molar-refractivity contribution in [3.63, 3.8) is 0 Å². The molecular formula is C18H22N2O3S. The fourth-order valence-corrected chi connectivity index (χ4v) is 4.53. The van der Waals surface area contributed by atoms with Gasteiger partial charge in [-0.3, -0.25) is 0 Å². The minimum Gasteiger partial charge on any atom is -0.497 e. The molecule has 0 fully saturated rings. The lowest BCUT2D eigenvalue weighted by Gasteiger charge is -2.27. The number of anilines is 1. The minimum absolute atomic E-state index is 0.0778. The summed E-state index contributed by atoms with van der Waals surface area (Å²) in [5.74, 6) is 0.538. The Hall–Kier alpha value is -2.05. The van der Waals surface area contributed by atoms with Crippen molar-refractivity contribution in [1.29, 1.82) is 0 Å². The summed E-state index contributed by atoms with van der Waals surface area (Å²) < 4.78 is 33.0. The Balaban J connectivity index is 2.02. The monoisotopic (exact) mass is 346 g/mol. The molecule has 0 spiro atoms. The van der Waals surface area contributed by atoms with E-state index in [0.717, 1.165) is 11.3 Å². The Labute approximate surface area is 143 Å². The number of methoxy groups -OCH3 is 1. The summed E-state index contributed by atoms with van der Waals surface area (Å²) in [4.78, 5) is 2.40. The van der Waals surface area contributed by atoms with Crippen LogP contribution in [-0.4, -0.2) is 39.5 Å². The van der Waals surface area contributed by atoms with E-state index < -0.39 is 10.0 Å². The molecule has 5 nitrogen and oxygen atoms in total. The van der Waals surface area contributed by atoms with Crippen LogP contribution < -0.4 is 9.64 Å². The Morgan fingerprint density at radius 3 is 2.62 bits per heavy atom. The van der Waals surface area contributed by atoms with E-state index in [2.05, 4.69) is 4.90 Å². The highest BCUT2D eigenvalue weighted by Crippen LogP contribution is 2.30. The predicted octanol–water partition coefficient (Wildman–Crippen LogP) is 2.72. The molecular weight excluding hydrogens is 324 g/mol. The first-order valence-corrected chi connectivity index (χ1v) is 9.32. The van der Waals surface area contributed by atoms with Crippen molar-refractivity contribution in [3.05, 3.63) is 54.1 Å². The number of hydrogen-bond donors (Lipinski definition) is 0. The summed E-state index contributed by atoms with van der Waals surface area (Å²) in [5.41, 5.74) is 2.09. The zero-order chi connectivity index (χ0) is 17.3. The first-order chi connectivity index (χ1) is 11.4. The maximum Gasteiger partial charge on any atom is 0.243 e. The van der Waals surface area contributed by atoms with E-state index in [4.69, 9.17) is 4.74 Å². The van der Waals surface area contributed by atoms with Crippen LogP contribution in [0.15, 0.2) is 53.4 Å². The van der Waals surface area contributed by atoms with Gasteiger partial charge in [-0.15, -0.1) is 0 Å². The van der Waals surface area contributed by atoms with Gasteiger partial charge in [0.05, 0.1) is 12.0 Å². The van der Waals surface area contributed by atoms with Crippen LogP contribution in [0.1, 0.15) is 12.5 Å². The molecule has 0 bridgehead atoms. The van der Waals surface area contributed by atoms with Gasteiger partial charge >= 0.3 is 0 Å². The average molecular weight is 346 g/mol. The predicted molar refractivity (Wildman–Crippen MR) is 94.9 cm³/mol. The summed E-state index contributed by atoms with van der Waals surface area (Å²) in [6.07, 6.45) is 0. The summed E-state index contributed by atoms with van der Waals surface area (Å²) >= 11 is 0. The highest BCUT2D eigenvalue weighted by atomic mass is 32.2. The van der Waals surface area contributed by atoms with Gasteiger partial charge in [-0.1, -0.05) is 24.3 Å². The third kappa shape index (κ3) is 2.99. The summed E-state index contributed by atoms with van der Waals surface area (Å²) in [5, 5.41) is 0. The van der Waals surface area contributed by atoms with Crippen molar-refractivity contribution in [2.75, 3.05) is 25.6 Å². The van der Waals surface area contributed by atoms with E-state index in [1.165, 1.54) is 7.11 Å². The summed E-state index contributed by atoms with van der Waals surface area (Å²) in [7, 11) is -0.0525. The Kier molecular flexibility index (Phi) is 4.51. The zero-order valence-electron chi connectivity index (χ0n) is 14.1. The molecule has 3 rings (SSSR count). The van der Waals surface area contributed by atoms with Gasteiger partial charge in [-0.05, 0) is 30.7 Å². The second-order valence-electron chi connectivity index (χ2n) is 6.07. The molecule has 24 heavy (non-hydrogen) atoms. The number of nitrogens with zero attached hydrogens (tertiary/aromatic N) is 2. The molecule has 0 amide bonds. The van der Waals surface area contributed by atoms with Crippen LogP contribution in [0.4, 0.5) is 5.69 Å². The molecule has 0 radical (unpaired) electrons. The largest absolute Gasteiger partial charge is 0.497 e. The molecule has 6 heteroatoms. The van der Waals surface area contributed by atoms with Gasteiger partial charge < -0.3 is 9.64 Å². The van der Waals surface area contributed by atoms with E-state index in [1.807, 2.05) is 38.2 Å². The molecule has 0 saturated heterocycles. The van der Waals surface area contributed by atoms with Crippen LogP contribution in [0.2, 0.25) is 0 Å². The van der Waals surface area contributed by atoms with E-state index in [1.54, 1.807) is 28.6 Å². The Bertz CT molecular complexity index is 836. The van der Waals surface area contributed by atoms with E-state index in [9.17, 15) is 8.42 Å². The third-order valence-electron chi connectivity index (χ3n) is 4.53. The van der Waals surface area contributed by atoms with Gasteiger partial charge in [0.1, 0.15) is 5.75 Å². The number of para-hydroxylation sites is 1. The fourth-order valence-electron chi connectivity index (χ4n) is 2.99. The molecule has 1 atom stereocenters. The standard InChI is InChI=1S/C18H22N2O3S/c1-14-12-20(13-15-7-4-5-10-18(15)19(14)2)24(21,22)17-9-6-8-16(11-17)23-3/h4-11,14H,12-13H2,1-3H3. The van der Waals surface area contributed by atoms with Crippen molar-refractivity contribution >= 4 is 15.7 Å². The maximum absolute atomic E-state index is 13.1. The van der Waals surface area contributed by atoms with Crippen molar-refractivity contribution in [2.24, 2.45) is 0 Å². The molecule has 128 valence electrons. The molecule has 1 unspecified atom stereocenters. The second-order valence-corrected chi connectivity index (χ2v) is 8.00. The maximum atomic E-state index is 13.1. The first-order valence-electron chi connectivity index (χ1n) is 7.88. The number of fused-ring (bicyclic) bond motifs is 1. The van der Waals surface area contributed by atoms with Gasteiger partial charge in [0.25, 0.3) is 0 Å². The van der Waals surface area contributed by atoms with E-state index in [0.29, 0.717) is 18.8 Å². The number of sulfonamides is 1. The zero-order valence-corrected chi connectivity index (χ0v) is 15.0. The topological polar surface area (TPSA) is 49.9 Å². The molecule has 2 aromatic carbocycles. The van der Waals surface area contributed by atoms with Crippen LogP contribution in [0.25, 0.3) is 0 Å². The number of hydrogen-bond acceptors (Lipinski definition) is 4. The molecule has 0 N–H and O–H groups in total. The van der Waals surface area contributed by atoms with Gasteiger partial charge in [0.15, 0.2) is 0 Å². The van der Waals surface area contributed by atoms with E-state index >= 15 is 0 Å². The lowest BCUT2D eigenvalue weighted by molar-refractivity contribution is 0.390. The van der Waals surface area contributed by atoms with Gasteiger partial charge in [-0.25, -0.2) is 8.42 Å². The number of rotatable bonds is 3. The average Bonchev–Trinajstić information content (AvgIpc) is 2.73. The van der Waals surface area contributed by atoms with Crippen LogP contribution in [0, 0.1) is 0 Å². The van der Waals surface area contributed by atoms with E-state index in [-0.39, 0.29) is 10.9 Å².